The number of aromatic amines is 1. The summed E-state index contributed by atoms with van der Waals surface area (Å²) in [6, 6.07) is 0. The molecule has 2 rings (SSSR count). The molecular weight excluding hydrogens is 218 g/mol. The van der Waals surface area contributed by atoms with E-state index in [0.717, 1.165) is 19.5 Å². The first-order valence-corrected chi connectivity index (χ1v) is 5.19. The molecule has 1 aromatic rings. The Labute approximate surface area is 91.7 Å². The van der Waals surface area contributed by atoms with Gasteiger partial charge in [-0.3, -0.25) is 4.79 Å². The minimum Gasteiger partial charge on any atom is -0.396 e. The van der Waals surface area contributed by atoms with Crippen LogP contribution in [0.2, 0.25) is 5.02 Å². The molecule has 1 unspecified atom stereocenters. The highest BCUT2D eigenvalue weighted by molar-refractivity contribution is 6.33. The van der Waals surface area contributed by atoms with Crippen LogP contribution >= 0.6 is 11.6 Å². The van der Waals surface area contributed by atoms with E-state index >= 15 is 0 Å². The van der Waals surface area contributed by atoms with E-state index in [4.69, 9.17) is 16.7 Å². The molecule has 82 valence electrons. The zero-order valence-electron chi connectivity index (χ0n) is 8.11. The summed E-state index contributed by atoms with van der Waals surface area (Å²) in [6.07, 6.45) is 2.46. The van der Waals surface area contributed by atoms with Gasteiger partial charge in [0.25, 0.3) is 5.56 Å². The minimum atomic E-state index is -0.374. The van der Waals surface area contributed by atoms with E-state index in [1.165, 1.54) is 0 Å². The van der Waals surface area contributed by atoms with Gasteiger partial charge in [-0.15, -0.1) is 0 Å². The van der Waals surface area contributed by atoms with Gasteiger partial charge in [0.1, 0.15) is 5.02 Å². The number of hydrogen-bond acceptors (Lipinski definition) is 4. The molecule has 2 N–H and O–H groups in total. The van der Waals surface area contributed by atoms with Crippen LogP contribution < -0.4 is 10.5 Å². The first-order valence-electron chi connectivity index (χ1n) is 4.81. The number of anilines is 1. The van der Waals surface area contributed by atoms with Gasteiger partial charge in [-0.25, -0.2) is 5.10 Å². The predicted molar refractivity (Wildman–Crippen MR) is 57.3 cm³/mol. The Bertz CT molecular complexity index is 407. The molecule has 15 heavy (non-hydrogen) atoms. The molecule has 1 aromatic heterocycles. The van der Waals surface area contributed by atoms with Crippen molar-refractivity contribution < 1.29 is 5.11 Å². The first-order chi connectivity index (χ1) is 7.22. The van der Waals surface area contributed by atoms with Crippen molar-refractivity contribution in [2.45, 2.75) is 6.42 Å². The van der Waals surface area contributed by atoms with E-state index in [0.29, 0.717) is 5.69 Å². The molecule has 6 heteroatoms. The number of nitrogens with one attached hydrogen (secondary N) is 1. The number of halogens is 1. The minimum absolute atomic E-state index is 0.170. The fraction of sp³-hybridized carbons (Fsp3) is 0.556. The number of rotatable bonds is 2. The van der Waals surface area contributed by atoms with Crippen LogP contribution in [0.15, 0.2) is 11.0 Å². The molecule has 2 heterocycles. The third-order valence-corrected chi connectivity index (χ3v) is 3.03. The number of aliphatic hydroxyl groups is 1. The standard InChI is InChI=1S/C9H12ClN3O2/c10-8-7(3-11-12-9(8)15)13-2-1-6(4-13)5-14/h3,6,14H,1-2,4-5H2,(H,12,15). The Morgan fingerprint density at radius 2 is 2.53 bits per heavy atom. The quantitative estimate of drug-likeness (QED) is 0.763. The normalized spacial score (nSPS) is 20.9. The highest BCUT2D eigenvalue weighted by Gasteiger charge is 2.24. The summed E-state index contributed by atoms with van der Waals surface area (Å²) in [4.78, 5) is 13.2. The van der Waals surface area contributed by atoms with Crippen molar-refractivity contribution in [3.8, 4) is 0 Å². The molecule has 0 spiro atoms. The summed E-state index contributed by atoms with van der Waals surface area (Å²) in [6.45, 7) is 1.70. The summed E-state index contributed by atoms with van der Waals surface area (Å²) < 4.78 is 0. The molecule has 0 radical (unpaired) electrons. The van der Waals surface area contributed by atoms with E-state index in [9.17, 15) is 4.79 Å². The van der Waals surface area contributed by atoms with Crippen molar-refractivity contribution in [1.29, 1.82) is 0 Å². The van der Waals surface area contributed by atoms with E-state index in [2.05, 4.69) is 10.2 Å². The maximum absolute atomic E-state index is 11.2. The molecule has 1 saturated heterocycles. The highest BCUT2D eigenvalue weighted by atomic mass is 35.5. The smallest absolute Gasteiger partial charge is 0.285 e. The molecule has 0 bridgehead atoms. The summed E-state index contributed by atoms with van der Waals surface area (Å²) in [7, 11) is 0. The zero-order chi connectivity index (χ0) is 10.8. The van der Waals surface area contributed by atoms with E-state index in [-0.39, 0.29) is 23.1 Å². The van der Waals surface area contributed by atoms with Crippen molar-refractivity contribution in [2.75, 3.05) is 24.6 Å². The van der Waals surface area contributed by atoms with Crippen LogP contribution in [0.3, 0.4) is 0 Å². The summed E-state index contributed by atoms with van der Waals surface area (Å²) in [5.74, 6) is 0.264. The topological polar surface area (TPSA) is 69.2 Å². The fourth-order valence-electron chi connectivity index (χ4n) is 1.80. The van der Waals surface area contributed by atoms with Crippen molar-refractivity contribution in [3.05, 3.63) is 21.6 Å². The van der Waals surface area contributed by atoms with Gasteiger partial charge in [0, 0.05) is 25.6 Å². The first kappa shape index (κ1) is 10.4. The van der Waals surface area contributed by atoms with Crippen molar-refractivity contribution in [2.24, 2.45) is 5.92 Å². The maximum Gasteiger partial charge on any atom is 0.285 e. The zero-order valence-corrected chi connectivity index (χ0v) is 8.87. The monoisotopic (exact) mass is 229 g/mol. The Hall–Kier alpha value is -1.07. The van der Waals surface area contributed by atoms with Gasteiger partial charge in [-0.1, -0.05) is 11.6 Å². The van der Waals surface area contributed by atoms with Crippen LogP contribution in [0, 0.1) is 5.92 Å². The number of H-pyrrole nitrogens is 1. The van der Waals surface area contributed by atoms with Crippen LogP contribution in [0.1, 0.15) is 6.42 Å². The van der Waals surface area contributed by atoms with Crippen molar-refractivity contribution in [1.82, 2.24) is 10.2 Å². The lowest BCUT2D eigenvalue weighted by molar-refractivity contribution is 0.238. The predicted octanol–water partition coefficient (Wildman–Crippen LogP) is 0.242. The van der Waals surface area contributed by atoms with Gasteiger partial charge >= 0.3 is 0 Å². The molecule has 1 aliphatic rings. The van der Waals surface area contributed by atoms with Crippen molar-refractivity contribution >= 4 is 17.3 Å². The molecule has 0 aromatic carbocycles. The molecule has 1 aliphatic heterocycles. The maximum atomic E-state index is 11.2. The number of nitrogens with zero attached hydrogens (tertiary/aromatic N) is 2. The molecule has 5 nitrogen and oxygen atoms in total. The van der Waals surface area contributed by atoms with Crippen LogP contribution in [-0.2, 0) is 0 Å². The average Bonchev–Trinajstić information content (AvgIpc) is 2.70. The SMILES string of the molecule is O=c1[nH]ncc(N2CCC(CO)C2)c1Cl. The van der Waals surface area contributed by atoms with Crippen LogP contribution in [0.5, 0.6) is 0 Å². The van der Waals surface area contributed by atoms with E-state index in [1.807, 2.05) is 4.90 Å². The molecular formula is C9H12ClN3O2. The average molecular weight is 230 g/mol. The highest BCUT2D eigenvalue weighted by Crippen LogP contribution is 2.26. The number of aliphatic hydroxyl groups excluding tert-OH is 1. The largest absolute Gasteiger partial charge is 0.396 e. The van der Waals surface area contributed by atoms with Crippen LogP contribution in [0.4, 0.5) is 5.69 Å². The summed E-state index contributed by atoms with van der Waals surface area (Å²) in [5.41, 5.74) is 0.276. The molecule has 0 amide bonds. The molecule has 1 fully saturated rings. The van der Waals surface area contributed by atoms with Gasteiger partial charge in [0.05, 0.1) is 11.9 Å². The lowest BCUT2D eigenvalue weighted by atomic mass is 10.1. The van der Waals surface area contributed by atoms with Gasteiger partial charge in [-0.2, -0.15) is 5.10 Å². The van der Waals surface area contributed by atoms with E-state index < -0.39 is 0 Å². The molecule has 0 saturated carbocycles. The van der Waals surface area contributed by atoms with Gasteiger partial charge in [-0.05, 0) is 6.42 Å². The Balaban J connectivity index is 2.24. The molecule has 0 aliphatic carbocycles. The van der Waals surface area contributed by atoms with Crippen molar-refractivity contribution in [3.63, 3.8) is 0 Å². The molecule has 1 atom stereocenters. The fourth-order valence-corrected chi connectivity index (χ4v) is 2.01. The second-order valence-electron chi connectivity index (χ2n) is 3.68. The van der Waals surface area contributed by atoms with Gasteiger partial charge < -0.3 is 10.0 Å². The Morgan fingerprint density at radius 1 is 1.73 bits per heavy atom. The second kappa shape index (κ2) is 4.20. The number of aromatic nitrogens is 2. The lowest BCUT2D eigenvalue weighted by Crippen LogP contribution is -2.23. The van der Waals surface area contributed by atoms with Gasteiger partial charge in [0.2, 0.25) is 0 Å². The Morgan fingerprint density at radius 3 is 3.20 bits per heavy atom. The van der Waals surface area contributed by atoms with Crippen LogP contribution in [-0.4, -0.2) is 35.0 Å². The Kier molecular flexibility index (Phi) is 2.93. The number of hydrogen-bond donors (Lipinski definition) is 2. The van der Waals surface area contributed by atoms with Gasteiger partial charge in [0.15, 0.2) is 0 Å². The summed E-state index contributed by atoms with van der Waals surface area (Å²) in [5, 5.41) is 15.2. The van der Waals surface area contributed by atoms with Crippen LogP contribution in [0.25, 0.3) is 0 Å². The third kappa shape index (κ3) is 1.98. The summed E-state index contributed by atoms with van der Waals surface area (Å²) >= 11 is 5.88. The second-order valence-corrected chi connectivity index (χ2v) is 4.06. The third-order valence-electron chi connectivity index (χ3n) is 2.66. The van der Waals surface area contributed by atoms with E-state index in [1.54, 1.807) is 6.20 Å². The lowest BCUT2D eigenvalue weighted by Gasteiger charge is -2.18.